The summed E-state index contributed by atoms with van der Waals surface area (Å²) in [4.78, 5) is 23.7. The molecule has 8 heteroatoms. The van der Waals surface area contributed by atoms with Crippen molar-refractivity contribution < 1.29 is 9.72 Å². The number of nitro benzene ring substituents is 1. The Morgan fingerprint density at radius 1 is 1.09 bits per heavy atom. The number of rotatable bonds is 11. The van der Waals surface area contributed by atoms with Crippen molar-refractivity contribution >= 4 is 34.2 Å². The molecular weight excluding hydrogens is 430 g/mol. The molecule has 4 aromatic rings. The zero-order valence-corrected chi connectivity index (χ0v) is 19.5. The van der Waals surface area contributed by atoms with Crippen LogP contribution in [-0.4, -0.2) is 38.0 Å². The molecule has 2 aromatic heterocycles. The van der Waals surface area contributed by atoms with Crippen LogP contribution in [0, 0.1) is 17.0 Å². The third-order valence-electron chi connectivity index (χ3n) is 5.94. The lowest BCUT2D eigenvalue weighted by atomic mass is 10.1. The van der Waals surface area contributed by atoms with E-state index in [0.717, 1.165) is 48.3 Å². The van der Waals surface area contributed by atoms with Crippen LogP contribution in [-0.2, 0) is 6.54 Å². The van der Waals surface area contributed by atoms with Crippen LogP contribution < -0.4 is 5.32 Å². The largest absolute Gasteiger partial charge is 0.322 e. The molecule has 0 aliphatic carbocycles. The highest BCUT2D eigenvalue weighted by Gasteiger charge is 2.22. The van der Waals surface area contributed by atoms with Gasteiger partial charge < -0.3 is 9.88 Å². The smallest absolute Gasteiger partial charge is 0.269 e. The Hall–Kier alpha value is -3.78. The second-order valence-corrected chi connectivity index (χ2v) is 8.34. The van der Waals surface area contributed by atoms with Crippen molar-refractivity contribution in [3.8, 4) is 0 Å². The predicted octanol–water partition coefficient (Wildman–Crippen LogP) is 5.18. The summed E-state index contributed by atoms with van der Waals surface area (Å²) in [6, 6.07) is 14.2. The maximum Gasteiger partial charge on any atom is 0.269 e. The van der Waals surface area contributed by atoms with Crippen LogP contribution in [0.2, 0.25) is 0 Å². The van der Waals surface area contributed by atoms with Crippen molar-refractivity contribution in [3.63, 3.8) is 0 Å². The molecular formula is C26H29N5O3. The summed E-state index contributed by atoms with van der Waals surface area (Å²) in [6.45, 7) is 6.54. The summed E-state index contributed by atoms with van der Waals surface area (Å²) in [5.41, 5.74) is 4.76. The SMILES string of the molecule is CCCCCNCCn1c2ccccc2n2nc(C)c(C(=O)/C=C/c3ccc([N+](=O)[O-])cc3)c12. The number of fused-ring (bicyclic) bond motifs is 3. The average Bonchev–Trinajstić information content (AvgIpc) is 3.33. The molecule has 0 bridgehead atoms. The van der Waals surface area contributed by atoms with Gasteiger partial charge in [0.15, 0.2) is 5.78 Å². The van der Waals surface area contributed by atoms with Gasteiger partial charge in [0, 0.05) is 25.2 Å². The second-order valence-electron chi connectivity index (χ2n) is 8.34. The Morgan fingerprint density at radius 3 is 2.53 bits per heavy atom. The van der Waals surface area contributed by atoms with E-state index in [2.05, 4.69) is 28.0 Å². The summed E-state index contributed by atoms with van der Waals surface area (Å²) >= 11 is 0. The van der Waals surface area contributed by atoms with E-state index in [4.69, 9.17) is 0 Å². The Balaban J connectivity index is 1.64. The van der Waals surface area contributed by atoms with Crippen molar-refractivity contribution in [2.75, 3.05) is 13.1 Å². The maximum atomic E-state index is 13.3. The number of para-hydroxylation sites is 2. The molecule has 34 heavy (non-hydrogen) atoms. The third-order valence-corrected chi connectivity index (χ3v) is 5.94. The lowest BCUT2D eigenvalue weighted by molar-refractivity contribution is -0.384. The van der Waals surface area contributed by atoms with Crippen molar-refractivity contribution in [2.45, 2.75) is 39.7 Å². The summed E-state index contributed by atoms with van der Waals surface area (Å²) in [5.74, 6) is -0.147. The van der Waals surface area contributed by atoms with Crippen LogP contribution in [0.15, 0.2) is 54.6 Å². The maximum absolute atomic E-state index is 13.3. The topological polar surface area (TPSA) is 94.5 Å². The minimum atomic E-state index is -0.441. The number of ketones is 1. The molecule has 0 spiro atoms. The van der Waals surface area contributed by atoms with E-state index in [0.29, 0.717) is 11.3 Å². The van der Waals surface area contributed by atoms with Crippen molar-refractivity contribution in [1.29, 1.82) is 0 Å². The van der Waals surface area contributed by atoms with Gasteiger partial charge in [-0.1, -0.05) is 38.0 Å². The number of allylic oxidation sites excluding steroid dienone is 1. The van der Waals surface area contributed by atoms with E-state index in [1.165, 1.54) is 31.1 Å². The standard InChI is InChI=1S/C26H29N5O3/c1-3-4-7-16-27-17-18-29-22-8-5-6-9-23(22)30-26(29)25(19(2)28-30)24(32)15-12-20-10-13-21(14-11-20)31(33)34/h5-6,8-15,27H,3-4,7,16-18H2,1-2H3/b15-12+. The summed E-state index contributed by atoms with van der Waals surface area (Å²) < 4.78 is 4.02. The number of hydrogen-bond donors (Lipinski definition) is 1. The van der Waals surface area contributed by atoms with Gasteiger partial charge in [-0.2, -0.15) is 5.10 Å². The number of non-ortho nitro benzene ring substituents is 1. The molecule has 0 aliphatic heterocycles. The number of nitrogens with zero attached hydrogens (tertiary/aromatic N) is 4. The highest BCUT2D eigenvalue weighted by Crippen LogP contribution is 2.26. The number of nitro groups is 1. The molecule has 0 amide bonds. The lowest BCUT2D eigenvalue weighted by Gasteiger charge is -2.08. The van der Waals surface area contributed by atoms with Gasteiger partial charge in [-0.15, -0.1) is 0 Å². The van der Waals surface area contributed by atoms with Crippen LogP contribution in [0.1, 0.15) is 47.8 Å². The Labute approximate surface area is 198 Å². The quantitative estimate of drug-likeness (QED) is 0.110. The predicted molar refractivity (Wildman–Crippen MR) is 134 cm³/mol. The number of aryl methyl sites for hydroxylation is 1. The monoisotopic (exact) mass is 459 g/mol. The fraction of sp³-hybridized carbons (Fsp3) is 0.308. The molecule has 0 saturated carbocycles. The number of aromatic nitrogens is 3. The van der Waals surface area contributed by atoms with Crippen LogP contribution in [0.25, 0.3) is 22.8 Å². The molecule has 0 atom stereocenters. The summed E-state index contributed by atoms with van der Waals surface area (Å²) in [5, 5.41) is 19.0. The van der Waals surface area contributed by atoms with E-state index >= 15 is 0 Å². The molecule has 2 aromatic carbocycles. The first-order chi connectivity index (χ1) is 16.5. The molecule has 8 nitrogen and oxygen atoms in total. The Bertz CT molecular complexity index is 1350. The Morgan fingerprint density at radius 2 is 1.82 bits per heavy atom. The Kier molecular flexibility index (Phi) is 7.18. The number of nitrogens with one attached hydrogen (secondary N) is 1. The third kappa shape index (κ3) is 4.77. The van der Waals surface area contributed by atoms with Gasteiger partial charge in [0.05, 0.1) is 27.2 Å². The number of benzene rings is 2. The van der Waals surface area contributed by atoms with Crippen LogP contribution >= 0.6 is 0 Å². The van der Waals surface area contributed by atoms with Crippen molar-refractivity contribution in [2.24, 2.45) is 0 Å². The van der Waals surface area contributed by atoms with Crippen molar-refractivity contribution in [1.82, 2.24) is 19.5 Å². The first-order valence-corrected chi connectivity index (χ1v) is 11.7. The van der Waals surface area contributed by atoms with Crippen LogP contribution in [0.3, 0.4) is 0 Å². The van der Waals surface area contributed by atoms with Gasteiger partial charge in [0.25, 0.3) is 5.69 Å². The summed E-state index contributed by atoms with van der Waals surface area (Å²) in [6.07, 6.45) is 6.75. The highest BCUT2D eigenvalue weighted by atomic mass is 16.6. The minimum absolute atomic E-state index is 0.0190. The first kappa shape index (κ1) is 23.4. The van der Waals surface area contributed by atoms with Gasteiger partial charge in [-0.25, -0.2) is 4.52 Å². The highest BCUT2D eigenvalue weighted by molar-refractivity contribution is 6.12. The van der Waals surface area contributed by atoms with E-state index < -0.39 is 4.92 Å². The lowest BCUT2D eigenvalue weighted by Crippen LogP contribution is -2.21. The van der Waals surface area contributed by atoms with E-state index in [1.54, 1.807) is 18.2 Å². The van der Waals surface area contributed by atoms with Gasteiger partial charge >= 0.3 is 0 Å². The minimum Gasteiger partial charge on any atom is -0.322 e. The molecule has 1 N–H and O–H groups in total. The van der Waals surface area contributed by atoms with E-state index in [-0.39, 0.29) is 11.5 Å². The normalized spacial score (nSPS) is 11.7. The molecule has 0 saturated heterocycles. The second kappa shape index (κ2) is 10.4. The van der Waals surface area contributed by atoms with Crippen LogP contribution in [0.5, 0.6) is 0 Å². The van der Waals surface area contributed by atoms with Gasteiger partial charge in [0.2, 0.25) is 0 Å². The van der Waals surface area contributed by atoms with E-state index in [1.807, 2.05) is 29.6 Å². The average molecular weight is 460 g/mol. The van der Waals surface area contributed by atoms with Crippen LogP contribution in [0.4, 0.5) is 5.69 Å². The fourth-order valence-corrected chi connectivity index (χ4v) is 4.21. The zero-order chi connectivity index (χ0) is 24.1. The van der Waals surface area contributed by atoms with Gasteiger partial charge in [0.1, 0.15) is 5.65 Å². The molecule has 0 unspecified atom stereocenters. The molecule has 2 heterocycles. The summed E-state index contributed by atoms with van der Waals surface area (Å²) in [7, 11) is 0. The number of hydrogen-bond acceptors (Lipinski definition) is 5. The van der Waals surface area contributed by atoms with Gasteiger partial charge in [-0.3, -0.25) is 14.9 Å². The fourth-order valence-electron chi connectivity index (χ4n) is 4.21. The molecule has 0 fully saturated rings. The molecule has 176 valence electrons. The van der Waals surface area contributed by atoms with Gasteiger partial charge in [-0.05, 0) is 55.8 Å². The number of imidazole rings is 1. The molecule has 4 rings (SSSR count). The molecule has 0 aliphatic rings. The molecule has 0 radical (unpaired) electrons. The first-order valence-electron chi connectivity index (χ1n) is 11.7. The van der Waals surface area contributed by atoms with E-state index in [9.17, 15) is 14.9 Å². The zero-order valence-electron chi connectivity index (χ0n) is 19.5. The number of carbonyl (C=O) groups excluding carboxylic acids is 1. The number of unbranched alkanes of at least 4 members (excludes halogenated alkanes) is 2. The van der Waals surface area contributed by atoms with Crippen molar-refractivity contribution in [3.05, 3.63) is 81.5 Å². The number of carbonyl (C=O) groups is 1.